The van der Waals surface area contributed by atoms with E-state index in [4.69, 9.17) is 11.6 Å². The standard InChI is InChI=1S/C8H13ClN2.ClH/c1-2-3-4-11-7-10-6-8(11)5-9;/h6-7H,2-5H2,1H3;1H. The minimum atomic E-state index is 0. The van der Waals surface area contributed by atoms with Gasteiger partial charge in [0.15, 0.2) is 0 Å². The second kappa shape index (κ2) is 6.32. The van der Waals surface area contributed by atoms with Crippen LogP contribution in [0, 0.1) is 0 Å². The monoisotopic (exact) mass is 208 g/mol. The van der Waals surface area contributed by atoms with E-state index in [0.29, 0.717) is 5.88 Å². The van der Waals surface area contributed by atoms with Gasteiger partial charge in [-0.05, 0) is 6.42 Å². The summed E-state index contributed by atoms with van der Waals surface area (Å²) in [5.74, 6) is 0.559. The summed E-state index contributed by atoms with van der Waals surface area (Å²) in [6, 6.07) is 0. The SMILES string of the molecule is CCCCn1cncc1CCl.Cl. The molecule has 0 N–H and O–H groups in total. The molecule has 1 aromatic heterocycles. The Bertz CT molecular complexity index is 211. The van der Waals surface area contributed by atoms with Gasteiger partial charge in [-0.15, -0.1) is 24.0 Å². The van der Waals surface area contributed by atoms with Crippen LogP contribution in [0.5, 0.6) is 0 Å². The van der Waals surface area contributed by atoms with E-state index in [1.54, 1.807) is 0 Å². The van der Waals surface area contributed by atoms with Crippen LogP contribution in [-0.2, 0) is 12.4 Å². The van der Waals surface area contributed by atoms with Gasteiger partial charge in [0.05, 0.1) is 17.9 Å². The van der Waals surface area contributed by atoms with Crippen LogP contribution < -0.4 is 0 Å². The molecule has 1 aromatic rings. The van der Waals surface area contributed by atoms with Gasteiger partial charge in [-0.3, -0.25) is 0 Å². The van der Waals surface area contributed by atoms with Crippen molar-refractivity contribution in [2.75, 3.05) is 0 Å². The van der Waals surface area contributed by atoms with Crippen molar-refractivity contribution >= 4 is 24.0 Å². The fourth-order valence-electron chi connectivity index (χ4n) is 0.989. The van der Waals surface area contributed by atoms with Gasteiger partial charge in [0.2, 0.25) is 0 Å². The van der Waals surface area contributed by atoms with E-state index in [2.05, 4.69) is 16.5 Å². The number of nitrogens with zero attached hydrogens (tertiary/aromatic N) is 2. The number of aromatic nitrogens is 2. The van der Waals surface area contributed by atoms with Crippen LogP contribution in [0.15, 0.2) is 12.5 Å². The molecular weight excluding hydrogens is 195 g/mol. The summed E-state index contributed by atoms with van der Waals surface area (Å²) < 4.78 is 2.11. The van der Waals surface area contributed by atoms with Crippen molar-refractivity contribution in [1.82, 2.24) is 9.55 Å². The summed E-state index contributed by atoms with van der Waals surface area (Å²) in [6.07, 6.45) is 6.07. The van der Waals surface area contributed by atoms with Gasteiger partial charge in [-0.1, -0.05) is 13.3 Å². The Balaban J connectivity index is 0.00000121. The number of hydrogen-bond acceptors (Lipinski definition) is 1. The largest absolute Gasteiger partial charge is 0.333 e. The Morgan fingerprint density at radius 2 is 2.33 bits per heavy atom. The van der Waals surface area contributed by atoms with Crippen molar-refractivity contribution in [3.05, 3.63) is 18.2 Å². The first-order chi connectivity index (χ1) is 5.38. The van der Waals surface area contributed by atoms with Crippen LogP contribution in [0.2, 0.25) is 0 Å². The summed E-state index contributed by atoms with van der Waals surface area (Å²) in [6.45, 7) is 3.22. The number of hydrogen-bond donors (Lipinski definition) is 0. The van der Waals surface area contributed by atoms with Crippen molar-refractivity contribution in [2.24, 2.45) is 0 Å². The zero-order valence-electron chi connectivity index (χ0n) is 7.16. The van der Waals surface area contributed by atoms with Crippen LogP contribution in [-0.4, -0.2) is 9.55 Å². The molecular formula is C8H14Cl2N2. The zero-order chi connectivity index (χ0) is 8.10. The van der Waals surface area contributed by atoms with Crippen molar-refractivity contribution in [3.8, 4) is 0 Å². The van der Waals surface area contributed by atoms with Crippen LogP contribution in [0.4, 0.5) is 0 Å². The molecule has 0 aromatic carbocycles. The van der Waals surface area contributed by atoms with Gasteiger partial charge in [-0.2, -0.15) is 0 Å². The molecule has 1 rings (SSSR count). The highest BCUT2D eigenvalue weighted by molar-refractivity contribution is 6.16. The summed E-state index contributed by atoms with van der Waals surface area (Å²) in [4.78, 5) is 4.02. The zero-order valence-corrected chi connectivity index (χ0v) is 8.74. The van der Waals surface area contributed by atoms with E-state index in [1.165, 1.54) is 12.8 Å². The highest BCUT2D eigenvalue weighted by Crippen LogP contribution is 2.04. The van der Waals surface area contributed by atoms with Crippen LogP contribution in [0.1, 0.15) is 25.5 Å². The summed E-state index contributed by atoms with van der Waals surface area (Å²) in [7, 11) is 0. The molecule has 12 heavy (non-hydrogen) atoms. The third kappa shape index (κ3) is 3.03. The first kappa shape index (κ1) is 11.8. The molecule has 0 aliphatic carbocycles. The van der Waals surface area contributed by atoms with E-state index in [0.717, 1.165) is 12.2 Å². The van der Waals surface area contributed by atoms with E-state index in [1.807, 2.05) is 12.5 Å². The van der Waals surface area contributed by atoms with Crippen LogP contribution in [0.3, 0.4) is 0 Å². The van der Waals surface area contributed by atoms with Crippen molar-refractivity contribution in [1.29, 1.82) is 0 Å². The number of unbranched alkanes of at least 4 members (excludes halogenated alkanes) is 1. The second-order valence-corrected chi connectivity index (χ2v) is 2.83. The molecule has 0 aliphatic heterocycles. The smallest absolute Gasteiger partial charge is 0.0948 e. The molecule has 0 saturated heterocycles. The fourth-order valence-corrected chi connectivity index (χ4v) is 1.21. The molecule has 0 spiro atoms. The van der Waals surface area contributed by atoms with E-state index >= 15 is 0 Å². The van der Waals surface area contributed by atoms with Crippen LogP contribution in [0.25, 0.3) is 0 Å². The van der Waals surface area contributed by atoms with E-state index in [-0.39, 0.29) is 12.4 Å². The molecule has 0 aliphatic rings. The summed E-state index contributed by atoms with van der Waals surface area (Å²) >= 11 is 5.69. The van der Waals surface area contributed by atoms with Gasteiger partial charge in [0.1, 0.15) is 0 Å². The molecule has 0 fully saturated rings. The molecule has 0 bridgehead atoms. The predicted molar refractivity (Wildman–Crippen MR) is 53.9 cm³/mol. The molecule has 0 amide bonds. The Morgan fingerprint density at radius 3 is 2.92 bits per heavy atom. The topological polar surface area (TPSA) is 17.8 Å². The number of aryl methyl sites for hydroxylation is 1. The second-order valence-electron chi connectivity index (χ2n) is 2.57. The number of halogens is 2. The summed E-state index contributed by atoms with van der Waals surface area (Å²) in [5.41, 5.74) is 1.11. The van der Waals surface area contributed by atoms with Gasteiger partial charge in [0.25, 0.3) is 0 Å². The molecule has 1 heterocycles. The highest BCUT2D eigenvalue weighted by atomic mass is 35.5. The maximum Gasteiger partial charge on any atom is 0.0948 e. The Kier molecular flexibility index (Phi) is 6.21. The van der Waals surface area contributed by atoms with Gasteiger partial charge >= 0.3 is 0 Å². The van der Waals surface area contributed by atoms with E-state index in [9.17, 15) is 0 Å². The molecule has 0 unspecified atom stereocenters. The lowest BCUT2D eigenvalue weighted by atomic mass is 10.3. The number of imidazole rings is 1. The average Bonchev–Trinajstić information content (AvgIpc) is 2.47. The quantitative estimate of drug-likeness (QED) is 0.697. The lowest BCUT2D eigenvalue weighted by Gasteiger charge is -2.03. The van der Waals surface area contributed by atoms with Gasteiger partial charge < -0.3 is 4.57 Å². The third-order valence-corrected chi connectivity index (χ3v) is 1.96. The first-order valence-electron chi connectivity index (χ1n) is 3.93. The normalized spacial score (nSPS) is 9.50. The molecule has 0 radical (unpaired) electrons. The van der Waals surface area contributed by atoms with Crippen LogP contribution >= 0.6 is 24.0 Å². The molecule has 0 saturated carbocycles. The predicted octanol–water partition coefficient (Wildman–Crippen LogP) is 2.84. The van der Waals surface area contributed by atoms with Crippen molar-refractivity contribution < 1.29 is 0 Å². The fraction of sp³-hybridized carbons (Fsp3) is 0.625. The Labute approximate surface area is 84.4 Å². The van der Waals surface area contributed by atoms with Gasteiger partial charge in [0, 0.05) is 12.7 Å². The summed E-state index contributed by atoms with van der Waals surface area (Å²) in [5, 5.41) is 0. The molecule has 2 nitrogen and oxygen atoms in total. The van der Waals surface area contributed by atoms with Crippen molar-refractivity contribution in [2.45, 2.75) is 32.2 Å². The Morgan fingerprint density at radius 1 is 1.58 bits per heavy atom. The highest BCUT2D eigenvalue weighted by Gasteiger charge is 1.97. The minimum absolute atomic E-state index is 0. The minimum Gasteiger partial charge on any atom is -0.333 e. The maximum absolute atomic E-state index is 5.69. The lowest BCUT2D eigenvalue weighted by Crippen LogP contribution is -1.99. The number of rotatable bonds is 4. The van der Waals surface area contributed by atoms with Gasteiger partial charge in [-0.25, -0.2) is 4.98 Å². The third-order valence-electron chi connectivity index (χ3n) is 1.69. The average molecular weight is 209 g/mol. The first-order valence-corrected chi connectivity index (χ1v) is 4.47. The molecule has 70 valence electrons. The maximum atomic E-state index is 5.69. The molecule has 0 atom stereocenters. The molecule has 4 heteroatoms. The van der Waals surface area contributed by atoms with Crippen molar-refractivity contribution in [3.63, 3.8) is 0 Å². The lowest BCUT2D eigenvalue weighted by molar-refractivity contribution is 0.617. The van der Waals surface area contributed by atoms with E-state index < -0.39 is 0 Å². The Hall–Kier alpha value is -0.210. The number of alkyl halides is 1.